The lowest BCUT2D eigenvalue weighted by Crippen LogP contribution is -2.41. The van der Waals surface area contributed by atoms with Gasteiger partial charge in [0.25, 0.3) is 0 Å². The smallest absolute Gasteiger partial charge is 0.194 e. The lowest BCUT2D eigenvalue weighted by molar-refractivity contribution is 0.464. The third-order valence-electron chi connectivity index (χ3n) is 4.04. The van der Waals surface area contributed by atoms with E-state index in [1.54, 1.807) is 12.5 Å². The zero-order chi connectivity index (χ0) is 14.7. The van der Waals surface area contributed by atoms with Crippen molar-refractivity contribution in [2.75, 3.05) is 13.6 Å². The van der Waals surface area contributed by atoms with E-state index in [4.69, 9.17) is 4.42 Å². The first kappa shape index (κ1) is 16.9. The minimum Gasteiger partial charge on any atom is -0.472 e. The van der Waals surface area contributed by atoms with Crippen molar-refractivity contribution in [1.82, 2.24) is 10.2 Å². The molecule has 1 aromatic heterocycles. The fourth-order valence-corrected chi connectivity index (χ4v) is 2.68. The summed E-state index contributed by atoms with van der Waals surface area (Å²) in [6, 6.07) is 12.9. The molecule has 1 aliphatic heterocycles. The average Bonchev–Trinajstić information content (AvgIpc) is 3.18. The number of aliphatic imine (C=N–C) groups is 1. The summed E-state index contributed by atoms with van der Waals surface area (Å²) in [7, 11) is 2.05. The van der Waals surface area contributed by atoms with Crippen LogP contribution in [0.15, 0.2) is 58.3 Å². The molecule has 0 bridgehead atoms. The summed E-state index contributed by atoms with van der Waals surface area (Å²) >= 11 is 0. The van der Waals surface area contributed by atoms with Crippen molar-refractivity contribution >= 4 is 29.9 Å². The fraction of sp³-hybridized carbons (Fsp3) is 0.353. The monoisotopic (exact) mass is 411 g/mol. The standard InChI is InChI=1S/C17H21N3O.HI/c1-13(15-6-4-3-5-7-15)16-10-18-17(19-16)20(2)11-14-8-9-21-12-14;/h3-9,12-13,16H,10-11H2,1-2H3,(H,18,19);1H. The predicted octanol–water partition coefficient (Wildman–Crippen LogP) is 3.46. The van der Waals surface area contributed by atoms with Crippen LogP contribution >= 0.6 is 24.0 Å². The number of guanidine groups is 1. The van der Waals surface area contributed by atoms with Crippen molar-refractivity contribution in [3.05, 3.63) is 60.1 Å². The highest BCUT2D eigenvalue weighted by Gasteiger charge is 2.26. The number of benzene rings is 1. The molecule has 2 atom stereocenters. The van der Waals surface area contributed by atoms with E-state index in [1.807, 2.05) is 13.1 Å². The number of furan rings is 1. The second kappa shape index (κ2) is 7.67. The van der Waals surface area contributed by atoms with E-state index in [2.05, 4.69) is 52.5 Å². The van der Waals surface area contributed by atoms with Gasteiger partial charge in [0.1, 0.15) is 0 Å². The zero-order valence-corrected chi connectivity index (χ0v) is 15.2. The van der Waals surface area contributed by atoms with Gasteiger partial charge in [-0.1, -0.05) is 37.3 Å². The third kappa shape index (κ3) is 3.82. The Labute approximate surface area is 148 Å². The summed E-state index contributed by atoms with van der Waals surface area (Å²) in [5.74, 6) is 1.40. The Bertz CT molecular complexity index is 598. The van der Waals surface area contributed by atoms with E-state index < -0.39 is 0 Å². The first-order valence-corrected chi connectivity index (χ1v) is 7.32. The molecule has 5 heteroatoms. The van der Waals surface area contributed by atoms with Gasteiger partial charge >= 0.3 is 0 Å². The van der Waals surface area contributed by atoms with Gasteiger partial charge < -0.3 is 14.6 Å². The van der Waals surface area contributed by atoms with Gasteiger partial charge in [0.15, 0.2) is 5.96 Å². The molecule has 4 nitrogen and oxygen atoms in total. The van der Waals surface area contributed by atoms with Crippen LogP contribution in [0.3, 0.4) is 0 Å². The Kier molecular flexibility index (Phi) is 5.88. The summed E-state index contributed by atoms with van der Waals surface area (Å²) in [6.07, 6.45) is 3.48. The predicted molar refractivity (Wildman–Crippen MR) is 99.7 cm³/mol. The van der Waals surface area contributed by atoms with Crippen LogP contribution in [0.1, 0.15) is 24.0 Å². The Morgan fingerprint density at radius 1 is 1.32 bits per heavy atom. The summed E-state index contributed by atoms with van der Waals surface area (Å²) in [5, 5.41) is 3.55. The Balaban J connectivity index is 0.00000176. The van der Waals surface area contributed by atoms with E-state index in [0.29, 0.717) is 12.0 Å². The minimum absolute atomic E-state index is 0. The highest BCUT2D eigenvalue weighted by molar-refractivity contribution is 14.0. The lowest BCUT2D eigenvalue weighted by Gasteiger charge is -2.23. The van der Waals surface area contributed by atoms with Crippen molar-refractivity contribution in [3.63, 3.8) is 0 Å². The van der Waals surface area contributed by atoms with Crippen molar-refractivity contribution in [2.24, 2.45) is 4.99 Å². The number of hydrogen-bond donors (Lipinski definition) is 1. The van der Waals surface area contributed by atoms with E-state index in [1.165, 1.54) is 5.56 Å². The van der Waals surface area contributed by atoms with Crippen LogP contribution in [0.4, 0.5) is 0 Å². The first-order valence-electron chi connectivity index (χ1n) is 7.32. The van der Waals surface area contributed by atoms with Gasteiger partial charge in [-0.15, -0.1) is 24.0 Å². The summed E-state index contributed by atoms with van der Waals surface area (Å²) < 4.78 is 5.11. The van der Waals surface area contributed by atoms with Gasteiger partial charge in [0.2, 0.25) is 0 Å². The molecule has 0 saturated carbocycles. The van der Waals surface area contributed by atoms with Gasteiger partial charge in [0, 0.05) is 25.1 Å². The largest absolute Gasteiger partial charge is 0.472 e. The van der Waals surface area contributed by atoms with Crippen LogP contribution in [0, 0.1) is 0 Å². The molecule has 0 fully saturated rings. The molecule has 118 valence electrons. The molecule has 3 rings (SSSR count). The van der Waals surface area contributed by atoms with Crippen LogP contribution in [0.2, 0.25) is 0 Å². The molecular weight excluding hydrogens is 389 g/mol. The maximum Gasteiger partial charge on any atom is 0.194 e. The maximum absolute atomic E-state index is 5.11. The summed E-state index contributed by atoms with van der Waals surface area (Å²) in [5.41, 5.74) is 2.51. The molecule has 1 aromatic carbocycles. The van der Waals surface area contributed by atoms with E-state index in [-0.39, 0.29) is 24.0 Å². The Hall–Kier alpha value is -1.50. The van der Waals surface area contributed by atoms with Crippen LogP contribution in [-0.4, -0.2) is 30.5 Å². The highest BCUT2D eigenvalue weighted by Crippen LogP contribution is 2.21. The maximum atomic E-state index is 5.11. The Morgan fingerprint density at radius 3 is 2.77 bits per heavy atom. The van der Waals surface area contributed by atoms with E-state index in [9.17, 15) is 0 Å². The van der Waals surface area contributed by atoms with Gasteiger partial charge in [-0.3, -0.25) is 4.99 Å². The van der Waals surface area contributed by atoms with Gasteiger partial charge in [0.05, 0.1) is 25.1 Å². The molecule has 0 spiro atoms. The molecule has 0 radical (unpaired) electrons. The number of hydrogen-bond acceptors (Lipinski definition) is 4. The number of rotatable bonds is 4. The van der Waals surface area contributed by atoms with Crippen molar-refractivity contribution < 1.29 is 4.42 Å². The molecular formula is C17H22IN3O. The van der Waals surface area contributed by atoms with Gasteiger partial charge in [-0.05, 0) is 11.6 Å². The molecule has 1 N–H and O–H groups in total. The average molecular weight is 411 g/mol. The van der Waals surface area contributed by atoms with E-state index in [0.717, 1.165) is 24.6 Å². The quantitative estimate of drug-likeness (QED) is 0.784. The van der Waals surface area contributed by atoms with Crippen molar-refractivity contribution in [2.45, 2.75) is 25.4 Å². The van der Waals surface area contributed by atoms with Gasteiger partial charge in [-0.25, -0.2) is 0 Å². The second-order valence-electron chi connectivity index (χ2n) is 5.60. The topological polar surface area (TPSA) is 40.8 Å². The molecule has 2 aromatic rings. The van der Waals surface area contributed by atoms with Crippen molar-refractivity contribution in [1.29, 1.82) is 0 Å². The van der Waals surface area contributed by atoms with Crippen LogP contribution in [0.5, 0.6) is 0 Å². The minimum atomic E-state index is 0. The molecule has 2 heterocycles. The first-order chi connectivity index (χ1) is 10.2. The Morgan fingerprint density at radius 2 is 2.09 bits per heavy atom. The molecule has 2 unspecified atom stereocenters. The highest BCUT2D eigenvalue weighted by atomic mass is 127. The summed E-state index contributed by atoms with van der Waals surface area (Å²) in [4.78, 5) is 6.77. The van der Waals surface area contributed by atoms with Crippen LogP contribution < -0.4 is 5.32 Å². The van der Waals surface area contributed by atoms with Crippen LogP contribution in [-0.2, 0) is 6.54 Å². The zero-order valence-electron chi connectivity index (χ0n) is 12.9. The van der Waals surface area contributed by atoms with Gasteiger partial charge in [-0.2, -0.15) is 0 Å². The fourth-order valence-electron chi connectivity index (χ4n) is 2.68. The third-order valence-corrected chi connectivity index (χ3v) is 4.04. The SMILES string of the molecule is CC(c1ccccc1)C1CN=C(N(C)Cc2ccoc2)N1.I. The molecule has 1 aliphatic rings. The molecule has 0 amide bonds. The number of nitrogens with one attached hydrogen (secondary N) is 1. The normalized spacial score (nSPS) is 18.1. The molecule has 0 aliphatic carbocycles. The number of halogens is 1. The summed E-state index contributed by atoms with van der Waals surface area (Å²) in [6.45, 7) is 3.87. The van der Waals surface area contributed by atoms with Crippen molar-refractivity contribution in [3.8, 4) is 0 Å². The molecule has 0 saturated heterocycles. The lowest BCUT2D eigenvalue weighted by atomic mass is 9.94. The molecule has 22 heavy (non-hydrogen) atoms. The number of nitrogens with zero attached hydrogens (tertiary/aromatic N) is 2. The van der Waals surface area contributed by atoms with Crippen LogP contribution in [0.25, 0.3) is 0 Å². The second-order valence-corrected chi connectivity index (χ2v) is 5.60. The van der Waals surface area contributed by atoms with E-state index >= 15 is 0 Å².